The van der Waals surface area contributed by atoms with Gasteiger partial charge in [0.15, 0.2) is 0 Å². The number of nitrogens with zero attached hydrogens (tertiary/aromatic N) is 3. The summed E-state index contributed by atoms with van der Waals surface area (Å²) in [6.07, 6.45) is 6.38. The molecule has 0 radical (unpaired) electrons. The van der Waals surface area contributed by atoms with Gasteiger partial charge in [0.1, 0.15) is 17.9 Å². The number of carbonyl (C=O) groups excluding carboxylic acids is 1. The Hall–Kier alpha value is -3.15. The molecule has 6 heteroatoms. The smallest absolute Gasteiger partial charge is 0.224 e. The van der Waals surface area contributed by atoms with Crippen LogP contribution in [0.2, 0.25) is 0 Å². The molecule has 0 saturated carbocycles. The van der Waals surface area contributed by atoms with E-state index in [0.717, 1.165) is 46.8 Å². The van der Waals surface area contributed by atoms with Gasteiger partial charge >= 0.3 is 0 Å². The topological polar surface area (TPSA) is 67.3 Å². The van der Waals surface area contributed by atoms with E-state index in [2.05, 4.69) is 20.2 Å². The van der Waals surface area contributed by atoms with Crippen LogP contribution in [0, 0.1) is 0 Å². The molecule has 1 N–H and O–H groups in total. The number of benzene rings is 2. The second kappa shape index (κ2) is 8.90. The fraction of sp³-hybridized carbons (Fsp3) is 0.348. The van der Waals surface area contributed by atoms with E-state index in [4.69, 9.17) is 4.74 Å². The maximum atomic E-state index is 12.5. The summed E-state index contributed by atoms with van der Waals surface area (Å²) in [5.74, 6) is 1.78. The van der Waals surface area contributed by atoms with Gasteiger partial charge in [0.25, 0.3) is 0 Å². The Kier molecular flexibility index (Phi) is 5.89. The number of fused-ring (bicyclic) bond motifs is 1. The first-order valence-electron chi connectivity index (χ1n) is 10.2. The van der Waals surface area contributed by atoms with Crippen LogP contribution in [0.4, 0.5) is 11.5 Å². The molecule has 1 aliphatic rings. The van der Waals surface area contributed by atoms with E-state index in [-0.39, 0.29) is 5.91 Å². The van der Waals surface area contributed by atoms with Crippen LogP contribution in [0.15, 0.2) is 48.8 Å². The second-order valence-electron chi connectivity index (χ2n) is 7.37. The van der Waals surface area contributed by atoms with Gasteiger partial charge in [-0.3, -0.25) is 4.79 Å². The molecule has 3 aromatic rings. The van der Waals surface area contributed by atoms with Crippen LogP contribution in [0.5, 0.6) is 5.75 Å². The molecule has 1 aromatic heterocycles. The van der Waals surface area contributed by atoms with Crippen molar-refractivity contribution in [2.75, 3.05) is 30.4 Å². The third-order valence-electron chi connectivity index (χ3n) is 5.35. The van der Waals surface area contributed by atoms with E-state index in [1.165, 1.54) is 19.3 Å². The standard InChI is InChI=1S/C23H26N4O2/c1-29-19-9-5-17(6-10-19)7-12-22(28)26-18-8-11-21-20(15-18)23(25-16-24-21)27-13-3-2-4-14-27/h5-6,8-11,15-16H,2-4,7,12-14H2,1H3,(H,26,28). The zero-order chi connectivity index (χ0) is 20.1. The molecule has 2 heterocycles. The number of aryl methyl sites for hydroxylation is 1. The summed E-state index contributed by atoms with van der Waals surface area (Å²) in [5, 5.41) is 4.01. The molecule has 29 heavy (non-hydrogen) atoms. The summed E-state index contributed by atoms with van der Waals surface area (Å²) in [7, 11) is 1.65. The third kappa shape index (κ3) is 4.65. The monoisotopic (exact) mass is 390 g/mol. The van der Waals surface area contributed by atoms with Gasteiger partial charge < -0.3 is 15.0 Å². The SMILES string of the molecule is COc1ccc(CCC(=O)Nc2ccc3ncnc(N4CCCCC4)c3c2)cc1. The lowest BCUT2D eigenvalue weighted by molar-refractivity contribution is -0.116. The number of carbonyl (C=O) groups is 1. The van der Waals surface area contributed by atoms with E-state index in [0.29, 0.717) is 12.8 Å². The van der Waals surface area contributed by atoms with Crippen LogP contribution >= 0.6 is 0 Å². The lowest BCUT2D eigenvalue weighted by Gasteiger charge is -2.28. The molecule has 0 unspecified atom stereocenters. The number of hydrogen-bond acceptors (Lipinski definition) is 5. The maximum Gasteiger partial charge on any atom is 0.224 e. The van der Waals surface area contributed by atoms with Crippen LogP contribution in [0.1, 0.15) is 31.2 Å². The van der Waals surface area contributed by atoms with E-state index in [1.54, 1.807) is 13.4 Å². The largest absolute Gasteiger partial charge is 0.497 e. The molecule has 1 amide bonds. The molecule has 6 nitrogen and oxygen atoms in total. The fourth-order valence-electron chi connectivity index (χ4n) is 3.75. The van der Waals surface area contributed by atoms with Crippen molar-refractivity contribution in [1.29, 1.82) is 0 Å². The van der Waals surface area contributed by atoms with Crippen molar-refractivity contribution in [3.05, 3.63) is 54.4 Å². The number of ether oxygens (including phenoxy) is 1. The first-order valence-corrected chi connectivity index (χ1v) is 10.2. The molecule has 2 aromatic carbocycles. The van der Waals surface area contributed by atoms with E-state index in [1.807, 2.05) is 42.5 Å². The minimum atomic E-state index is -0.00320. The van der Waals surface area contributed by atoms with E-state index < -0.39 is 0 Å². The summed E-state index contributed by atoms with van der Waals surface area (Å²) in [6, 6.07) is 13.7. The van der Waals surface area contributed by atoms with E-state index >= 15 is 0 Å². The van der Waals surface area contributed by atoms with Gasteiger partial charge in [0.05, 0.1) is 12.6 Å². The van der Waals surface area contributed by atoms with Crippen molar-refractivity contribution in [3.63, 3.8) is 0 Å². The predicted octanol–water partition coefficient (Wildman–Crippen LogP) is 4.20. The number of aromatic nitrogens is 2. The first kappa shape index (κ1) is 19.2. The molecular formula is C23H26N4O2. The number of anilines is 2. The zero-order valence-electron chi connectivity index (χ0n) is 16.7. The van der Waals surface area contributed by atoms with Gasteiger partial charge in [-0.25, -0.2) is 9.97 Å². The number of nitrogens with one attached hydrogen (secondary N) is 1. The molecular weight excluding hydrogens is 364 g/mol. The quantitative estimate of drug-likeness (QED) is 0.683. The molecule has 1 saturated heterocycles. The molecule has 0 atom stereocenters. The maximum absolute atomic E-state index is 12.5. The van der Waals surface area contributed by atoms with E-state index in [9.17, 15) is 4.79 Å². The summed E-state index contributed by atoms with van der Waals surface area (Å²) in [4.78, 5) is 23.7. The minimum Gasteiger partial charge on any atom is -0.497 e. The number of hydrogen-bond donors (Lipinski definition) is 1. The number of methoxy groups -OCH3 is 1. The molecule has 150 valence electrons. The Morgan fingerprint density at radius 1 is 1.07 bits per heavy atom. The Labute approximate surface area is 170 Å². The van der Waals surface area contributed by atoms with Crippen LogP contribution in [0.25, 0.3) is 10.9 Å². The van der Waals surface area contributed by atoms with Gasteiger partial charge in [-0.1, -0.05) is 12.1 Å². The molecule has 1 fully saturated rings. The van der Waals surface area contributed by atoms with Gasteiger partial charge in [-0.15, -0.1) is 0 Å². The highest BCUT2D eigenvalue weighted by molar-refractivity contribution is 5.96. The summed E-state index contributed by atoms with van der Waals surface area (Å²) < 4.78 is 5.17. The average molecular weight is 390 g/mol. The molecule has 0 aliphatic carbocycles. The second-order valence-corrected chi connectivity index (χ2v) is 7.37. The van der Waals surface area contributed by atoms with Crippen molar-refractivity contribution in [2.45, 2.75) is 32.1 Å². The van der Waals surface area contributed by atoms with Crippen LogP contribution in [-0.2, 0) is 11.2 Å². The Morgan fingerprint density at radius 2 is 1.86 bits per heavy atom. The molecule has 4 rings (SSSR count). The Morgan fingerprint density at radius 3 is 2.62 bits per heavy atom. The van der Waals surface area contributed by atoms with Crippen molar-refractivity contribution in [3.8, 4) is 5.75 Å². The summed E-state index contributed by atoms with van der Waals surface area (Å²) in [6.45, 7) is 2.04. The van der Waals surface area contributed by atoms with Gasteiger partial charge in [-0.2, -0.15) is 0 Å². The van der Waals surface area contributed by atoms with Gasteiger partial charge in [0, 0.05) is 30.6 Å². The third-order valence-corrected chi connectivity index (χ3v) is 5.35. The Balaban J connectivity index is 1.45. The predicted molar refractivity (Wildman–Crippen MR) is 116 cm³/mol. The van der Waals surface area contributed by atoms with Crippen LogP contribution in [0.3, 0.4) is 0 Å². The average Bonchev–Trinajstić information content (AvgIpc) is 2.78. The number of amides is 1. The molecule has 0 spiro atoms. The number of rotatable bonds is 6. The highest BCUT2D eigenvalue weighted by Gasteiger charge is 2.16. The van der Waals surface area contributed by atoms with Crippen molar-refractivity contribution >= 4 is 28.3 Å². The van der Waals surface area contributed by atoms with Crippen LogP contribution in [-0.4, -0.2) is 36.1 Å². The highest BCUT2D eigenvalue weighted by atomic mass is 16.5. The lowest BCUT2D eigenvalue weighted by Crippen LogP contribution is -2.30. The van der Waals surface area contributed by atoms with Crippen molar-refractivity contribution < 1.29 is 9.53 Å². The first-order chi connectivity index (χ1) is 14.2. The minimum absolute atomic E-state index is 0.00320. The normalized spacial score (nSPS) is 14.0. The fourth-order valence-corrected chi connectivity index (χ4v) is 3.75. The van der Waals surface area contributed by atoms with Crippen LogP contribution < -0.4 is 15.0 Å². The highest BCUT2D eigenvalue weighted by Crippen LogP contribution is 2.28. The Bertz CT molecular complexity index is 982. The lowest BCUT2D eigenvalue weighted by atomic mass is 10.1. The van der Waals surface area contributed by atoms with Gasteiger partial charge in [0.2, 0.25) is 5.91 Å². The van der Waals surface area contributed by atoms with Crippen molar-refractivity contribution in [1.82, 2.24) is 9.97 Å². The van der Waals surface area contributed by atoms with Crippen molar-refractivity contribution in [2.24, 2.45) is 0 Å². The summed E-state index contributed by atoms with van der Waals surface area (Å²) in [5.41, 5.74) is 2.79. The molecule has 1 aliphatic heterocycles. The number of piperidine rings is 1. The molecule has 0 bridgehead atoms. The summed E-state index contributed by atoms with van der Waals surface area (Å²) >= 11 is 0. The van der Waals surface area contributed by atoms with Gasteiger partial charge in [-0.05, 0) is 61.6 Å². The zero-order valence-corrected chi connectivity index (χ0v) is 16.7.